The Kier molecular flexibility index (Phi) is 8.96. The molecule has 0 amide bonds. The van der Waals surface area contributed by atoms with Crippen LogP contribution in [0.2, 0.25) is 0 Å². The smallest absolute Gasteiger partial charge is 0.124 e. The minimum absolute atomic E-state index is 0.125. The van der Waals surface area contributed by atoms with Crippen molar-refractivity contribution in [3.05, 3.63) is 108 Å². The normalized spacial score (nSPS) is 11.9. The first-order valence-electron chi connectivity index (χ1n) is 11.8. The van der Waals surface area contributed by atoms with Crippen molar-refractivity contribution in [2.45, 2.75) is 6.42 Å². The summed E-state index contributed by atoms with van der Waals surface area (Å²) in [5.41, 5.74) is 3.89. The van der Waals surface area contributed by atoms with E-state index in [0.717, 1.165) is 11.4 Å². The van der Waals surface area contributed by atoms with Crippen molar-refractivity contribution >= 4 is 35.2 Å². The van der Waals surface area contributed by atoms with E-state index in [9.17, 15) is 10.2 Å². The highest BCUT2D eigenvalue weighted by molar-refractivity contribution is 5.85. The van der Waals surface area contributed by atoms with E-state index in [1.807, 2.05) is 60.7 Å². The quantitative estimate of drug-likeness (QED) is 0.134. The predicted molar refractivity (Wildman–Crippen MR) is 147 cm³/mol. The average molecular weight is 491 g/mol. The molecule has 0 aliphatic heterocycles. The van der Waals surface area contributed by atoms with Crippen molar-refractivity contribution in [2.75, 3.05) is 13.1 Å². The van der Waals surface area contributed by atoms with Gasteiger partial charge in [0.2, 0.25) is 0 Å². The summed E-state index contributed by atoms with van der Waals surface area (Å²) in [6, 6.07) is 28.9. The molecule has 0 heterocycles. The van der Waals surface area contributed by atoms with Gasteiger partial charge in [-0.1, -0.05) is 36.4 Å². The van der Waals surface area contributed by atoms with E-state index in [1.54, 1.807) is 48.8 Å². The lowest BCUT2D eigenvalue weighted by Crippen LogP contribution is -1.90. The van der Waals surface area contributed by atoms with Crippen molar-refractivity contribution in [2.24, 2.45) is 30.4 Å². The van der Waals surface area contributed by atoms with Gasteiger partial charge in [0.15, 0.2) is 0 Å². The van der Waals surface area contributed by atoms with Crippen molar-refractivity contribution in [1.29, 1.82) is 0 Å². The lowest BCUT2D eigenvalue weighted by atomic mass is 10.2. The van der Waals surface area contributed by atoms with Crippen LogP contribution in [0.4, 0.5) is 22.7 Å². The third kappa shape index (κ3) is 8.03. The van der Waals surface area contributed by atoms with E-state index in [1.165, 1.54) is 0 Å². The first-order valence-corrected chi connectivity index (χ1v) is 11.8. The number of azo groups is 2. The van der Waals surface area contributed by atoms with Gasteiger partial charge in [0.1, 0.15) is 11.5 Å². The molecule has 0 unspecified atom stereocenters. The van der Waals surface area contributed by atoms with Gasteiger partial charge < -0.3 is 10.2 Å². The van der Waals surface area contributed by atoms with Gasteiger partial charge in [-0.05, 0) is 67.1 Å². The predicted octanol–water partition coefficient (Wildman–Crippen LogP) is 7.86. The third-order valence-corrected chi connectivity index (χ3v) is 5.13. The van der Waals surface area contributed by atoms with Gasteiger partial charge in [0, 0.05) is 36.6 Å². The van der Waals surface area contributed by atoms with Gasteiger partial charge in [0.25, 0.3) is 0 Å². The second-order valence-electron chi connectivity index (χ2n) is 7.98. The zero-order valence-electron chi connectivity index (χ0n) is 20.1. The van der Waals surface area contributed by atoms with Crippen molar-refractivity contribution in [1.82, 2.24) is 0 Å². The molecule has 4 aromatic rings. The molecule has 0 saturated heterocycles. The van der Waals surface area contributed by atoms with Crippen LogP contribution in [0, 0.1) is 0 Å². The fourth-order valence-corrected chi connectivity index (χ4v) is 3.21. The molecular formula is C29H26N6O2. The summed E-state index contributed by atoms with van der Waals surface area (Å²) in [6.45, 7) is 1.06. The molecule has 4 aromatic carbocycles. The average Bonchev–Trinajstić information content (AvgIpc) is 2.94. The zero-order valence-corrected chi connectivity index (χ0v) is 20.1. The Balaban J connectivity index is 1.28. The van der Waals surface area contributed by atoms with E-state index in [0.29, 0.717) is 42.0 Å². The van der Waals surface area contributed by atoms with Crippen molar-refractivity contribution in [3.63, 3.8) is 0 Å². The number of aromatic hydroxyl groups is 2. The minimum Gasteiger partial charge on any atom is -0.507 e. The Labute approximate surface area is 215 Å². The Morgan fingerprint density at radius 1 is 0.486 bits per heavy atom. The van der Waals surface area contributed by atoms with Gasteiger partial charge >= 0.3 is 0 Å². The minimum atomic E-state index is 0.125. The van der Waals surface area contributed by atoms with E-state index in [2.05, 4.69) is 30.4 Å². The number of nitrogens with zero attached hydrogens (tertiary/aromatic N) is 6. The topological polar surface area (TPSA) is 115 Å². The fraction of sp³-hybridized carbons (Fsp3) is 0.103. The first kappa shape index (κ1) is 25.1. The molecule has 0 aliphatic carbocycles. The summed E-state index contributed by atoms with van der Waals surface area (Å²) >= 11 is 0. The molecular weight excluding hydrogens is 464 g/mol. The van der Waals surface area contributed by atoms with Crippen LogP contribution >= 0.6 is 0 Å². The van der Waals surface area contributed by atoms with Gasteiger partial charge in [-0.25, -0.2) is 0 Å². The Bertz CT molecular complexity index is 1310. The summed E-state index contributed by atoms with van der Waals surface area (Å²) in [5.74, 6) is 0.250. The molecule has 0 radical (unpaired) electrons. The highest BCUT2D eigenvalue weighted by atomic mass is 16.3. The monoisotopic (exact) mass is 490 g/mol. The number of rotatable bonds is 10. The molecule has 4 rings (SSSR count). The number of phenolic OH excluding ortho intramolecular Hbond substituents is 2. The number of aliphatic imine (C=N–C) groups is 2. The van der Waals surface area contributed by atoms with Crippen LogP contribution < -0.4 is 0 Å². The highest BCUT2D eigenvalue weighted by Crippen LogP contribution is 2.25. The van der Waals surface area contributed by atoms with Crippen molar-refractivity contribution < 1.29 is 10.2 Å². The van der Waals surface area contributed by atoms with E-state index >= 15 is 0 Å². The lowest BCUT2D eigenvalue weighted by molar-refractivity contribution is 0.474. The van der Waals surface area contributed by atoms with Crippen molar-refractivity contribution in [3.8, 4) is 11.5 Å². The maximum absolute atomic E-state index is 10.1. The molecule has 0 spiro atoms. The second kappa shape index (κ2) is 13.2. The number of benzene rings is 4. The molecule has 0 fully saturated rings. The summed E-state index contributed by atoms with van der Waals surface area (Å²) in [6.07, 6.45) is 3.94. The van der Waals surface area contributed by atoms with Gasteiger partial charge in [-0.3, -0.25) is 9.98 Å². The molecule has 0 bridgehead atoms. The van der Waals surface area contributed by atoms with Crippen LogP contribution in [-0.2, 0) is 0 Å². The molecule has 8 heteroatoms. The Morgan fingerprint density at radius 2 is 0.892 bits per heavy atom. The lowest BCUT2D eigenvalue weighted by Gasteiger charge is -2.01. The maximum Gasteiger partial charge on any atom is 0.124 e. The van der Waals surface area contributed by atoms with Crippen LogP contribution in [0.15, 0.2) is 128 Å². The molecule has 2 N–H and O–H groups in total. The van der Waals surface area contributed by atoms with Gasteiger partial charge in [0.05, 0.1) is 22.7 Å². The van der Waals surface area contributed by atoms with Crippen LogP contribution in [0.25, 0.3) is 0 Å². The summed E-state index contributed by atoms with van der Waals surface area (Å²) in [5, 5.41) is 37.0. The largest absolute Gasteiger partial charge is 0.507 e. The molecule has 37 heavy (non-hydrogen) atoms. The van der Waals surface area contributed by atoms with Crippen LogP contribution in [-0.4, -0.2) is 35.7 Å². The highest BCUT2D eigenvalue weighted by Gasteiger charge is 2.02. The molecule has 0 aromatic heterocycles. The van der Waals surface area contributed by atoms with E-state index in [4.69, 9.17) is 0 Å². The zero-order chi connectivity index (χ0) is 25.7. The summed E-state index contributed by atoms with van der Waals surface area (Å²) < 4.78 is 0. The molecule has 184 valence electrons. The Morgan fingerprint density at radius 3 is 1.32 bits per heavy atom. The number of hydrogen-bond donors (Lipinski definition) is 2. The SMILES string of the molecule is Oc1ccc(N=Nc2ccccc2)cc1C=NCCCN=Cc1cc(N=Nc2ccccc2)ccc1O. The summed E-state index contributed by atoms with van der Waals surface area (Å²) in [4.78, 5) is 8.77. The summed E-state index contributed by atoms with van der Waals surface area (Å²) in [7, 11) is 0. The van der Waals surface area contributed by atoms with Crippen LogP contribution in [0.3, 0.4) is 0 Å². The van der Waals surface area contributed by atoms with E-state index in [-0.39, 0.29) is 11.5 Å². The van der Waals surface area contributed by atoms with Gasteiger partial charge in [-0.15, -0.1) is 0 Å². The number of hydrogen-bond acceptors (Lipinski definition) is 8. The first-order chi connectivity index (χ1) is 18.2. The Hall–Kier alpha value is -4.98. The third-order valence-electron chi connectivity index (χ3n) is 5.13. The van der Waals surface area contributed by atoms with Gasteiger partial charge in [-0.2, -0.15) is 20.5 Å². The molecule has 0 atom stereocenters. The maximum atomic E-state index is 10.1. The molecule has 0 aliphatic rings. The molecule has 0 saturated carbocycles. The fourth-order valence-electron chi connectivity index (χ4n) is 3.21. The molecule has 8 nitrogen and oxygen atoms in total. The van der Waals surface area contributed by atoms with Crippen LogP contribution in [0.1, 0.15) is 17.5 Å². The van der Waals surface area contributed by atoms with Crippen LogP contribution in [0.5, 0.6) is 11.5 Å². The standard InChI is InChI=1S/C29H26N6O2/c36-28-14-12-26(34-32-24-8-3-1-4-9-24)18-22(28)20-30-16-7-17-31-21-23-19-27(13-15-29(23)37)35-33-25-10-5-2-6-11-25/h1-6,8-15,18-21,36-37H,7,16-17H2. The number of phenols is 2. The van der Waals surface area contributed by atoms with E-state index < -0.39 is 0 Å². The second-order valence-corrected chi connectivity index (χ2v) is 7.98.